The van der Waals surface area contributed by atoms with Gasteiger partial charge in [-0.05, 0) is 37.2 Å². The van der Waals surface area contributed by atoms with E-state index < -0.39 is 5.91 Å². The van der Waals surface area contributed by atoms with E-state index in [-0.39, 0.29) is 24.1 Å². The number of aromatic nitrogens is 1. The molecule has 0 saturated carbocycles. The van der Waals surface area contributed by atoms with E-state index in [2.05, 4.69) is 20.9 Å². The zero-order valence-corrected chi connectivity index (χ0v) is 18.0. The smallest absolute Gasteiger partial charge is 0.250 e. The molecule has 9 heteroatoms. The summed E-state index contributed by atoms with van der Waals surface area (Å²) in [5.41, 5.74) is 8.39. The number of nitrogens with zero attached hydrogens (tertiary/aromatic N) is 1. The maximum Gasteiger partial charge on any atom is 0.250 e. The number of thiocarbonyl (C=S) groups is 1. The van der Waals surface area contributed by atoms with Crippen LogP contribution in [0.2, 0.25) is 0 Å². The lowest BCUT2D eigenvalue weighted by atomic mass is 10.0. The van der Waals surface area contributed by atoms with Gasteiger partial charge in [-0.3, -0.25) is 14.6 Å². The predicted octanol–water partition coefficient (Wildman–Crippen LogP) is 1.28. The number of amides is 2. The highest BCUT2D eigenvalue weighted by Crippen LogP contribution is 2.38. The second kappa shape index (κ2) is 8.89. The first-order chi connectivity index (χ1) is 14.9. The highest BCUT2D eigenvalue weighted by Gasteiger charge is 2.27. The van der Waals surface area contributed by atoms with E-state index in [0.717, 1.165) is 28.9 Å². The van der Waals surface area contributed by atoms with Crippen molar-refractivity contribution >= 4 is 29.1 Å². The van der Waals surface area contributed by atoms with Crippen LogP contribution in [0.3, 0.4) is 0 Å². The van der Waals surface area contributed by atoms with Crippen molar-refractivity contribution in [1.82, 2.24) is 20.9 Å². The SMILES string of the molecule is C[C@@H]1C[C@@H](CC(=O)NCC2Cc3cccc(-c4cncc(C(N)=O)c4)c3O2)NC(=S)N1. The van der Waals surface area contributed by atoms with Crippen LogP contribution in [0.5, 0.6) is 5.75 Å². The molecule has 1 unspecified atom stereocenters. The lowest BCUT2D eigenvalue weighted by molar-refractivity contribution is -0.121. The molecule has 4 rings (SSSR count). The quantitative estimate of drug-likeness (QED) is 0.501. The van der Waals surface area contributed by atoms with E-state index in [1.165, 1.54) is 6.20 Å². The van der Waals surface area contributed by atoms with E-state index in [1.807, 2.05) is 25.1 Å². The molecule has 3 heterocycles. The number of fused-ring (bicyclic) bond motifs is 1. The van der Waals surface area contributed by atoms with E-state index in [1.54, 1.807) is 12.3 Å². The first-order valence-corrected chi connectivity index (χ1v) is 10.7. The van der Waals surface area contributed by atoms with Crippen molar-refractivity contribution in [3.05, 3.63) is 47.8 Å². The van der Waals surface area contributed by atoms with E-state index in [9.17, 15) is 9.59 Å². The summed E-state index contributed by atoms with van der Waals surface area (Å²) < 4.78 is 6.16. The highest BCUT2D eigenvalue weighted by molar-refractivity contribution is 7.80. The number of hydrogen-bond donors (Lipinski definition) is 4. The summed E-state index contributed by atoms with van der Waals surface area (Å²) in [6.45, 7) is 2.46. The average molecular weight is 440 g/mol. The van der Waals surface area contributed by atoms with Crippen LogP contribution in [-0.2, 0) is 11.2 Å². The van der Waals surface area contributed by atoms with Crippen LogP contribution in [0.15, 0.2) is 36.7 Å². The molecule has 1 fully saturated rings. The number of nitrogens with two attached hydrogens (primary N) is 1. The summed E-state index contributed by atoms with van der Waals surface area (Å²) in [4.78, 5) is 28.0. The standard InChI is InChI=1S/C22H25N5O3S/c1-12-5-16(27-22(31)26-12)8-19(28)25-11-17-7-13-3-2-4-18(20(13)30-17)14-6-15(21(23)29)10-24-9-14/h2-4,6,9-10,12,16-17H,5,7-8,11H2,1H3,(H2,23,29)(H,25,28)(H2,26,27,31)/t12-,16+,17?/m1/s1. The molecule has 2 aliphatic rings. The number of carbonyl (C=O) groups is 2. The minimum atomic E-state index is -0.526. The van der Waals surface area contributed by atoms with Gasteiger partial charge in [0.25, 0.3) is 0 Å². The van der Waals surface area contributed by atoms with Gasteiger partial charge in [0.2, 0.25) is 11.8 Å². The number of carbonyl (C=O) groups excluding carboxylic acids is 2. The Balaban J connectivity index is 1.38. The largest absolute Gasteiger partial charge is 0.487 e. The zero-order valence-electron chi connectivity index (χ0n) is 17.2. The fourth-order valence-electron chi connectivity index (χ4n) is 4.05. The molecule has 0 aliphatic carbocycles. The molecule has 2 aromatic rings. The number of ether oxygens (including phenoxy) is 1. The maximum absolute atomic E-state index is 12.4. The molecule has 3 atom stereocenters. The Morgan fingerprint density at radius 1 is 1.32 bits per heavy atom. The predicted molar refractivity (Wildman–Crippen MR) is 121 cm³/mol. The Morgan fingerprint density at radius 2 is 2.16 bits per heavy atom. The van der Waals surface area contributed by atoms with Gasteiger partial charge in [0.15, 0.2) is 5.11 Å². The summed E-state index contributed by atoms with van der Waals surface area (Å²) in [6, 6.07) is 7.87. The van der Waals surface area contributed by atoms with Gasteiger partial charge in [-0.1, -0.05) is 18.2 Å². The van der Waals surface area contributed by atoms with E-state index >= 15 is 0 Å². The van der Waals surface area contributed by atoms with Crippen LogP contribution in [-0.4, -0.2) is 46.6 Å². The van der Waals surface area contributed by atoms with Crippen LogP contribution >= 0.6 is 12.2 Å². The van der Waals surface area contributed by atoms with Crippen molar-refractivity contribution in [2.45, 2.75) is 44.4 Å². The molecule has 31 heavy (non-hydrogen) atoms. The third-order valence-electron chi connectivity index (χ3n) is 5.47. The number of hydrogen-bond acceptors (Lipinski definition) is 5. The molecular formula is C22H25N5O3S. The number of nitrogens with one attached hydrogen (secondary N) is 3. The molecule has 2 amide bonds. The molecule has 0 spiro atoms. The number of benzene rings is 1. The molecule has 0 bridgehead atoms. The Labute approximate surface area is 185 Å². The molecule has 1 aromatic carbocycles. The van der Waals surface area contributed by atoms with Crippen molar-refractivity contribution in [3.8, 4) is 16.9 Å². The molecule has 162 valence electrons. The minimum Gasteiger partial charge on any atom is -0.487 e. The Bertz CT molecular complexity index is 1030. The van der Waals surface area contributed by atoms with E-state index in [4.69, 9.17) is 22.7 Å². The van der Waals surface area contributed by atoms with Gasteiger partial charge in [-0.25, -0.2) is 0 Å². The van der Waals surface area contributed by atoms with Gasteiger partial charge in [0.1, 0.15) is 11.9 Å². The normalized spacial score (nSPS) is 22.0. The van der Waals surface area contributed by atoms with Crippen LogP contribution in [0, 0.1) is 0 Å². The molecule has 2 aliphatic heterocycles. The van der Waals surface area contributed by atoms with Crippen LogP contribution in [0.4, 0.5) is 0 Å². The molecule has 1 saturated heterocycles. The Kier molecular flexibility index (Phi) is 6.03. The maximum atomic E-state index is 12.4. The van der Waals surface area contributed by atoms with Crippen molar-refractivity contribution < 1.29 is 14.3 Å². The van der Waals surface area contributed by atoms with Gasteiger partial charge in [-0.2, -0.15) is 0 Å². The number of pyridine rings is 1. The average Bonchev–Trinajstić information content (AvgIpc) is 3.15. The monoisotopic (exact) mass is 439 g/mol. The van der Waals surface area contributed by atoms with Crippen molar-refractivity contribution in [3.63, 3.8) is 0 Å². The van der Waals surface area contributed by atoms with Crippen LogP contribution < -0.4 is 26.4 Å². The Morgan fingerprint density at radius 3 is 2.94 bits per heavy atom. The Hall–Kier alpha value is -3.20. The first kappa shape index (κ1) is 21.0. The molecule has 1 aromatic heterocycles. The topological polar surface area (TPSA) is 118 Å². The number of rotatable bonds is 6. The second-order valence-corrected chi connectivity index (χ2v) is 8.43. The third kappa shape index (κ3) is 4.93. The molecule has 0 radical (unpaired) electrons. The lowest BCUT2D eigenvalue weighted by Crippen LogP contribution is -2.54. The van der Waals surface area contributed by atoms with Gasteiger partial charge in [-0.15, -0.1) is 0 Å². The minimum absolute atomic E-state index is 0.0297. The molecule has 8 nitrogen and oxygen atoms in total. The number of para-hydroxylation sites is 1. The fourth-order valence-corrected chi connectivity index (χ4v) is 4.42. The third-order valence-corrected chi connectivity index (χ3v) is 5.71. The summed E-state index contributed by atoms with van der Waals surface area (Å²) in [5, 5.41) is 9.85. The summed E-state index contributed by atoms with van der Waals surface area (Å²) in [7, 11) is 0. The van der Waals surface area contributed by atoms with Crippen molar-refractivity contribution in [2.75, 3.05) is 6.54 Å². The summed E-state index contributed by atoms with van der Waals surface area (Å²) >= 11 is 5.18. The number of primary amides is 1. The van der Waals surface area contributed by atoms with Crippen molar-refractivity contribution in [2.24, 2.45) is 5.73 Å². The molecule has 5 N–H and O–H groups in total. The van der Waals surface area contributed by atoms with Gasteiger partial charge in [0, 0.05) is 48.4 Å². The first-order valence-electron chi connectivity index (χ1n) is 10.3. The van der Waals surface area contributed by atoms with Crippen LogP contribution in [0.25, 0.3) is 11.1 Å². The highest BCUT2D eigenvalue weighted by atomic mass is 32.1. The van der Waals surface area contributed by atoms with Crippen molar-refractivity contribution in [1.29, 1.82) is 0 Å². The fraction of sp³-hybridized carbons (Fsp3) is 0.364. The van der Waals surface area contributed by atoms with E-state index in [0.29, 0.717) is 30.1 Å². The van der Waals surface area contributed by atoms with Gasteiger partial charge >= 0.3 is 0 Å². The summed E-state index contributed by atoms with van der Waals surface area (Å²) in [5.74, 6) is 0.193. The second-order valence-electron chi connectivity index (χ2n) is 8.02. The lowest BCUT2D eigenvalue weighted by Gasteiger charge is -2.30. The zero-order chi connectivity index (χ0) is 22.0. The van der Waals surface area contributed by atoms with Gasteiger partial charge in [0.05, 0.1) is 12.1 Å². The molecular weight excluding hydrogens is 414 g/mol. The summed E-state index contributed by atoms with van der Waals surface area (Å²) in [6.07, 6.45) is 4.85. The van der Waals surface area contributed by atoms with Gasteiger partial charge < -0.3 is 26.4 Å². The van der Waals surface area contributed by atoms with Crippen LogP contribution in [0.1, 0.15) is 35.7 Å².